The van der Waals surface area contributed by atoms with Crippen molar-refractivity contribution >= 4 is 62.3 Å². The Morgan fingerprint density at radius 1 is 0.952 bits per heavy atom. The molecule has 11 heteroatoms. The second-order valence-electron chi connectivity index (χ2n) is 10.7. The molecule has 42 heavy (non-hydrogen) atoms. The molecule has 224 valence electrons. The molecule has 0 aliphatic heterocycles. The number of hydrogen-bond donors (Lipinski definition) is 1. The first-order valence-corrected chi connectivity index (χ1v) is 16.7. The van der Waals surface area contributed by atoms with Crippen molar-refractivity contribution in [2.24, 2.45) is 0 Å². The highest BCUT2D eigenvalue weighted by atomic mass is 35.5. The lowest BCUT2D eigenvalue weighted by molar-refractivity contribution is -0.140. The third-order valence-electron chi connectivity index (χ3n) is 7.45. The SMILES string of the molecule is Cc1ccc(N(CC(=O)N(Cc2ccc(Cl)cc2Cl)[C@@H](Cc2ccccc2)C(=O)NC2CCCC2)S(C)(=O)=O)cc1Cl. The first-order valence-electron chi connectivity index (χ1n) is 13.7. The molecule has 3 aromatic carbocycles. The highest BCUT2D eigenvalue weighted by molar-refractivity contribution is 7.92. The molecule has 0 spiro atoms. The van der Waals surface area contributed by atoms with Gasteiger partial charge in [0.1, 0.15) is 12.6 Å². The largest absolute Gasteiger partial charge is 0.352 e. The number of nitrogens with one attached hydrogen (secondary N) is 1. The molecule has 4 rings (SSSR count). The molecule has 1 atom stereocenters. The third-order valence-corrected chi connectivity index (χ3v) is 9.59. The van der Waals surface area contributed by atoms with Gasteiger partial charge in [0.05, 0.1) is 11.9 Å². The summed E-state index contributed by atoms with van der Waals surface area (Å²) < 4.78 is 26.9. The van der Waals surface area contributed by atoms with E-state index in [2.05, 4.69) is 5.32 Å². The van der Waals surface area contributed by atoms with Crippen molar-refractivity contribution in [3.63, 3.8) is 0 Å². The molecule has 0 heterocycles. The van der Waals surface area contributed by atoms with E-state index in [4.69, 9.17) is 34.8 Å². The van der Waals surface area contributed by atoms with E-state index in [-0.39, 0.29) is 30.6 Å². The van der Waals surface area contributed by atoms with Crippen molar-refractivity contribution in [2.45, 2.75) is 57.7 Å². The molecule has 1 N–H and O–H groups in total. The fourth-order valence-electron chi connectivity index (χ4n) is 5.11. The summed E-state index contributed by atoms with van der Waals surface area (Å²) >= 11 is 19.0. The van der Waals surface area contributed by atoms with Crippen LogP contribution in [0.15, 0.2) is 66.7 Å². The van der Waals surface area contributed by atoms with Crippen LogP contribution in [-0.4, -0.2) is 50.0 Å². The molecule has 0 radical (unpaired) electrons. The van der Waals surface area contributed by atoms with E-state index in [1.54, 1.807) is 37.3 Å². The van der Waals surface area contributed by atoms with Gasteiger partial charge in [-0.25, -0.2) is 8.42 Å². The molecular formula is C31H34Cl3N3O4S. The van der Waals surface area contributed by atoms with Gasteiger partial charge in [-0.05, 0) is 60.7 Å². The van der Waals surface area contributed by atoms with Crippen molar-refractivity contribution in [3.05, 3.63) is 98.5 Å². The van der Waals surface area contributed by atoms with Crippen molar-refractivity contribution in [1.82, 2.24) is 10.2 Å². The summed E-state index contributed by atoms with van der Waals surface area (Å²) in [6, 6.07) is 18.2. The lowest BCUT2D eigenvalue weighted by Crippen LogP contribution is -2.54. The second kappa shape index (κ2) is 14.1. The number of carbonyl (C=O) groups is 2. The van der Waals surface area contributed by atoms with Gasteiger partial charge in [-0.1, -0.05) is 90.1 Å². The summed E-state index contributed by atoms with van der Waals surface area (Å²) in [4.78, 5) is 29.5. The van der Waals surface area contributed by atoms with Crippen LogP contribution in [0, 0.1) is 6.92 Å². The molecule has 0 unspecified atom stereocenters. The lowest BCUT2D eigenvalue weighted by atomic mass is 10.0. The maximum Gasteiger partial charge on any atom is 0.244 e. The fraction of sp³-hybridized carbons (Fsp3) is 0.355. The minimum absolute atomic E-state index is 0.0223. The number of rotatable bonds is 11. The molecule has 3 aromatic rings. The summed E-state index contributed by atoms with van der Waals surface area (Å²) in [6.07, 6.45) is 5.06. The molecule has 0 saturated heterocycles. The highest BCUT2D eigenvalue weighted by Gasteiger charge is 2.34. The zero-order chi connectivity index (χ0) is 30.4. The van der Waals surface area contributed by atoms with Gasteiger partial charge in [-0.15, -0.1) is 0 Å². The number of halogens is 3. The topological polar surface area (TPSA) is 86.8 Å². The minimum atomic E-state index is -3.90. The average molecular weight is 651 g/mol. The summed E-state index contributed by atoms with van der Waals surface area (Å²) in [5, 5.41) is 4.27. The van der Waals surface area contributed by atoms with Gasteiger partial charge < -0.3 is 10.2 Å². The van der Waals surface area contributed by atoms with Crippen LogP contribution in [0.2, 0.25) is 15.1 Å². The van der Waals surface area contributed by atoms with E-state index < -0.39 is 28.5 Å². The van der Waals surface area contributed by atoms with Gasteiger partial charge in [-0.3, -0.25) is 13.9 Å². The van der Waals surface area contributed by atoms with Crippen LogP contribution in [-0.2, 0) is 32.6 Å². The van der Waals surface area contributed by atoms with Crippen molar-refractivity contribution in [1.29, 1.82) is 0 Å². The van der Waals surface area contributed by atoms with Crippen LogP contribution in [0.1, 0.15) is 42.4 Å². The number of amides is 2. The Labute approximate surface area is 262 Å². The van der Waals surface area contributed by atoms with Crippen LogP contribution in [0.5, 0.6) is 0 Å². The molecule has 2 amide bonds. The summed E-state index contributed by atoms with van der Waals surface area (Å²) in [5.74, 6) is -0.862. The highest BCUT2D eigenvalue weighted by Crippen LogP contribution is 2.28. The summed E-state index contributed by atoms with van der Waals surface area (Å²) in [5.41, 5.74) is 2.45. The maximum absolute atomic E-state index is 14.2. The van der Waals surface area contributed by atoms with Crippen LogP contribution in [0.3, 0.4) is 0 Å². The third kappa shape index (κ3) is 8.40. The van der Waals surface area contributed by atoms with Crippen molar-refractivity contribution in [2.75, 3.05) is 17.1 Å². The van der Waals surface area contributed by atoms with Crippen LogP contribution in [0.25, 0.3) is 0 Å². The molecule has 1 aliphatic carbocycles. The Hall–Kier alpha value is -2.78. The van der Waals surface area contributed by atoms with E-state index in [9.17, 15) is 18.0 Å². The summed E-state index contributed by atoms with van der Waals surface area (Å²) in [7, 11) is -3.90. The van der Waals surface area contributed by atoms with Gasteiger partial charge >= 0.3 is 0 Å². The van der Waals surface area contributed by atoms with E-state index in [0.717, 1.165) is 47.4 Å². The Morgan fingerprint density at radius 3 is 2.26 bits per heavy atom. The first kappa shape index (κ1) is 32.1. The summed E-state index contributed by atoms with van der Waals surface area (Å²) in [6.45, 7) is 1.24. The Balaban J connectivity index is 1.75. The van der Waals surface area contributed by atoms with Crippen LogP contribution >= 0.6 is 34.8 Å². The van der Waals surface area contributed by atoms with Gasteiger partial charge in [-0.2, -0.15) is 0 Å². The molecule has 7 nitrogen and oxygen atoms in total. The Bertz CT molecular complexity index is 1530. The van der Waals surface area contributed by atoms with Crippen LogP contribution < -0.4 is 9.62 Å². The van der Waals surface area contributed by atoms with Crippen LogP contribution in [0.4, 0.5) is 5.69 Å². The number of nitrogens with zero attached hydrogens (tertiary/aromatic N) is 2. The van der Waals surface area contributed by atoms with E-state index >= 15 is 0 Å². The lowest BCUT2D eigenvalue weighted by Gasteiger charge is -2.34. The number of sulfonamides is 1. The van der Waals surface area contributed by atoms with Crippen molar-refractivity contribution < 1.29 is 18.0 Å². The second-order valence-corrected chi connectivity index (χ2v) is 13.8. The van der Waals surface area contributed by atoms with Gasteiger partial charge in [0.2, 0.25) is 21.8 Å². The van der Waals surface area contributed by atoms with E-state index in [0.29, 0.717) is 20.6 Å². The number of benzene rings is 3. The monoisotopic (exact) mass is 649 g/mol. The Morgan fingerprint density at radius 2 is 1.64 bits per heavy atom. The first-order chi connectivity index (χ1) is 19.9. The van der Waals surface area contributed by atoms with E-state index in [1.165, 1.54) is 11.0 Å². The van der Waals surface area contributed by atoms with E-state index in [1.807, 2.05) is 30.3 Å². The van der Waals surface area contributed by atoms with Gasteiger partial charge in [0.25, 0.3) is 0 Å². The number of anilines is 1. The molecular weight excluding hydrogens is 617 g/mol. The minimum Gasteiger partial charge on any atom is -0.352 e. The number of carbonyl (C=O) groups excluding carboxylic acids is 2. The van der Waals surface area contributed by atoms with Gasteiger partial charge in [0, 0.05) is 34.1 Å². The molecule has 0 aromatic heterocycles. The fourth-order valence-corrected chi connectivity index (χ4v) is 6.59. The predicted octanol–water partition coefficient (Wildman–Crippen LogP) is 6.42. The molecule has 0 bridgehead atoms. The predicted molar refractivity (Wildman–Crippen MR) is 170 cm³/mol. The smallest absolute Gasteiger partial charge is 0.244 e. The average Bonchev–Trinajstić information content (AvgIpc) is 3.45. The van der Waals surface area contributed by atoms with Gasteiger partial charge in [0.15, 0.2) is 0 Å². The Kier molecular flexibility index (Phi) is 10.8. The quantitative estimate of drug-likeness (QED) is 0.260. The number of aryl methyl sites for hydroxylation is 1. The zero-order valence-corrected chi connectivity index (χ0v) is 26.6. The molecule has 1 fully saturated rings. The van der Waals surface area contributed by atoms with Crippen molar-refractivity contribution in [3.8, 4) is 0 Å². The zero-order valence-electron chi connectivity index (χ0n) is 23.5. The molecule has 1 saturated carbocycles. The number of hydrogen-bond acceptors (Lipinski definition) is 4. The molecule has 1 aliphatic rings. The normalized spacial score (nSPS) is 14.4. The standard InChI is InChI=1S/C31H34Cl3N3O4S/c1-21-12-15-26(18-27(21)33)37(42(2,40)41)20-30(38)36(19-23-13-14-24(32)17-28(23)34)29(16-22-8-4-3-5-9-22)31(39)35-25-10-6-7-11-25/h3-5,8-9,12-15,17-18,25,29H,6-7,10-11,16,19-20H2,1-2H3,(H,35,39)/t29-/m0/s1. The maximum atomic E-state index is 14.2.